The summed E-state index contributed by atoms with van der Waals surface area (Å²) >= 11 is 3.16. The number of benzene rings is 2. The van der Waals surface area contributed by atoms with Crippen LogP contribution < -0.4 is 5.32 Å². The molecule has 0 spiro atoms. The predicted octanol–water partition coefficient (Wildman–Crippen LogP) is 2.51. The van der Waals surface area contributed by atoms with Crippen LogP contribution in [0.4, 0.5) is 0 Å². The molecule has 0 aliphatic carbocycles. The molecule has 2 aromatic rings. The first kappa shape index (κ1) is 14.5. The molecule has 0 radical (unpaired) electrons. The highest BCUT2D eigenvalue weighted by Crippen LogP contribution is 2.18. The van der Waals surface area contributed by atoms with Crippen molar-refractivity contribution in [3.8, 4) is 0 Å². The van der Waals surface area contributed by atoms with Gasteiger partial charge in [-0.05, 0) is 16.8 Å². The lowest BCUT2D eigenvalue weighted by Crippen LogP contribution is -2.34. The smallest absolute Gasteiger partial charge is 0.321 e. The largest absolute Gasteiger partial charge is 0.468 e. The normalized spacial score (nSPS) is 11.9. The Morgan fingerprint density at radius 2 is 1.90 bits per heavy atom. The second kappa shape index (κ2) is 6.52. The average molecular weight is 336 g/mol. The van der Waals surface area contributed by atoms with Crippen LogP contribution in [-0.4, -0.2) is 30.4 Å². The summed E-state index contributed by atoms with van der Waals surface area (Å²) in [7, 11) is 1.31. The highest BCUT2D eigenvalue weighted by atomic mass is 79.9. The molecule has 20 heavy (non-hydrogen) atoms. The number of nitrogens with one attached hydrogen (secondary N) is 1. The van der Waals surface area contributed by atoms with E-state index in [1.54, 1.807) is 6.07 Å². The topological polar surface area (TPSA) is 55.4 Å². The fraction of sp³-hybridized carbons (Fsp3) is 0.200. The number of alkyl halides is 1. The molecule has 1 N–H and O–H groups in total. The number of ether oxygens (including phenoxy) is 1. The number of hydrogen-bond donors (Lipinski definition) is 1. The van der Waals surface area contributed by atoms with Crippen LogP contribution in [0.1, 0.15) is 10.4 Å². The monoisotopic (exact) mass is 335 g/mol. The third-order valence-corrected chi connectivity index (χ3v) is 3.63. The second-order valence-corrected chi connectivity index (χ2v) is 5.33. The van der Waals surface area contributed by atoms with Crippen molar-refractivity contribution in [1.82, 2.24) is 5.32 Å². The zero-order valence-electron chi connectivity index (χ0n) is 10.9. The molecule has 1 amide bonds. The predicted molar refractivity (Wildman–Crippen MR) is 81.0 cm³/mol. The highest BCUT2D eigenvalue weighted by Gasteiger charge is 2.17. The molecule has 0 saturated carbocycles. The molecule has 2 aromatic carbocycles. The Labute approximate surface area is 125 Å². The van der Waals surface area contributed by atoms with E-state index >= 15 is 0 Å². The lowest BCUT2D eigenvalue weighted by Gasteiger charge is -2.10. The molecule has 4 nitrogen and oxygen atoms in total. The van der Waals surface area contributed by atoms with Gasteiger partial charge in [-0.25, -0.2) is 0 Å². The fourth-order valence-corrected chi connectivity index (χ4v) is 2.26. The van der Waals surface area contributed by atoms with Crippen LogP contribution in [0, 0.1) is 0 Å². The number of amides is 1. The van der Waals surface area contributed by atoms with Crippen molar-refractivity contribution in [2.24, 2.45) is 0 Å². The molecule has 0 heterocycles. The molecule has 0 aliphatic heterocycles. The van der Waals surface area contributed by atoms with Crippen LogP contribution in [0.5, 0.6) is 0 Å². The number of methoxy groups -OCH3 is 1. The third-order valence-electron chi connectivity index (χ3n) is 2.93. The maximum Gasteiger partial charge on any atom is 0.321 e. The van der Waals surface area contributed by atoms with Gasteiger partial charge in [0.25, 0.3) is 5.91 Å². The van der Waals surface area contributed by atoms with Crippen molar-refractivity contribution in [3.05, 3.63) is 48.0 Å². The molecule has 2 rings (SSSR count). The summed E-state index contributed by atoms with van der Waals surface area (Å²) in [6, 6.07) is 13.2. The summed E-state index contributed by atoms with van der Waals surface area (Å²) in [5.41, 5.74) is 0.590. The Hall–Kier alpha value is -1.88. The van der Waals surface area contributed by atoms with Gasteiger partial charge in [-0.2, -0.15) is 0 Å². The van der Waals surface area contributed by atoms with Gasteiger partial charge in [-0.15, -0.1) is 0 Å². The third kappa shape index (κ3) is 3.17. The van der Waals surface area contributed by atoms with Gasteiger partial charge >= 0.3 is 5.97 Å². The van der Waals surface area contributed by atoms with E-state index in [9.17, 15) is 9.59 Å². The zero-order chi connectivity index (χ0) is 14.5. The van der Waals surface area contributed by atoms with Gasteiger partial charge in [0.15, 0.2) is 0 Å². The Morgan fingerprint density at radius 3 is 2.65 bits per heavy atom. The molecular weight excluding hydrogens is 322 g/mol. The van der Waals surface area contributed by atoms with E-state index in [4.69, 9.17) is 0 Å². The van der Waals surface area contributed by atoms with E-state index in [1.165, 1.54) is 7.11 Å². The number of halogens is 1. The minimum absolute atomic E-state index is 0.175. The first-order valence-electron chi connectivity index (χ1n) is 6.11. The Balaban J connectivity index is 2.14. The van der Waals surface area contributed by atoms with Gasteiger partial charge in [0.2, 0.25) is 0 Å². The van der Waals surface area contributed by atoms with Crippen molar-refractivity contribution in [3.63, 3.8) is 0 Å². The second-order valence-electron chi connectivity index (χ2n) is 4.23. The van der Waals surface area contributed by atoms with Crippen molar-refractivity contribution >= 4 is 38.6 Å². The van der Waals surface area contributed by atoms with Gasteiger partial charge < -0.3 is 10.1 Å². The number of fused-ring (bicyclic) bond motifs is 1. The maximum absolute atomic E-state index is 12.2. The van der Waals surface area contributed by atoms with Crippen molar-refractivity contribution in [2.45, 2.75) is 4.83 Å². The maximum atomic E-state index is 12.2. The summed E-state index contributed by atoms with van der Waals surface area (Å²) in [5.74, 6) is -0.627. The number of carbonyl (C=O) groups excluding carboxylic acids is 2. The zero-order valence-corrected chi connectivity index (χ0v) is 12.5. The lowest BCUT2D eigenvalue weighted by atomic mass is 10.0. The first-order valence-corrected chi connectivity index (χ1v) is 7.03. The van der Waals surface area contributed by atoms with Crippen molar-refractivity contribution in [1.29, 1.82) is 0 Å². The fourth-order valence-electron chi connectivity index (χ4n) is 1.91. The van der Waals surface area contributed by atoms with Gasteiger partial charge in [-0.1, -0.05) is 52.3 Å². The van der Waals surface area contributed by atoms with Gasteiger partial charge in [0, 0.05) is 12.1 Å². The summed E-state index contributed by atoms with van der Waals surface area (Å²) in [6.07, 6.45) is 0. The molecule has 104 valence electrons. The van der Waals surface area contributed by atoms with Crippen LogP contribution in [0.3, 0.4) is 0 Å². The van der Waals surface area contributed by atoms with E-state index in [-0.39, 0.29) is 12.5 Å². The molecule has 1 unspecified atom stereocenters. The first-order chi connectivity index (χ1) is 9.63. The van der Waals surface area contributed by atoms with E-state index in [0.29, 0.717) is 5.56 Å². The van der Waals surface area contributed by atoms with Gasteiger partial charge in [-0.3, -0.25) is 9.59 Å². The molecule has 0 bridgehead atoms. The van der Waals surface area contributed by atoms with Crippen LogP contribution in [0.2, 0.25) is 0 Å². The standard InChI is InChI=1S/C15H14BrNO3/c1-20-15(19)13(16)9-17-14(18)12-8-4-6-10-5-2-3-7-11(10)12/h2-8,13H,9H2,1H3,(H,17,18). The number of rotatable bonds is 4. The van der Waals surface area contributed by atoms with Crippen LogP contribution in [0.15, 0.2) is 42.5 Å². The van der Waals surface area contributed by atoms with Crippen LogP contribution in [-0.2, 0) is 9.53 Å². The highest BCUT2D eigenvalue weighted by molar-refractivity contribution is 9.10. The summed E-state index contributed by atoms with van der Waals surface area (Å²) in [4.78, 5) is 22.9. The van der Waals surface area contributed by atoms with E-state index < -0.39 is 10.8 Å². The number of esters is 1. The van der Waals surface area contributed by atoms with E-state index in [0.717, 1.165) is 10.8 Å². The molecule has 0 aliphatic rings. The van der Waals surface area contributed by atoms with Gasteiger partial charge in [0.1, 0.15) is 4.83 Å². The molecule has 0 fully saturated rings. The quantitative estimate of drug-likeness (QED) is 0.689. The van der Waals surface area contributed by atoms with Crippen molar-refractivity contribution in [2.75, 3.05) is 13.7 Å². The molecule has 1 atom stereocenters. The van der Waals surface area contributed by atoms with Crippen LogP contribution in [0.25, 0.3) is 10.8 Å². The Bertz CT molecular complexity index is 637. The average Bonchev–Trinajstić information content (AvgIpc) is 2.50. The Kier molecular flexibility index (Phi) is 4.74. The van der Waals surface area contributed by atoms with Crippen LogP contribution >= 0.6 is 15.9 Å². The SMILES string of the molecule is COC(=O)C(Br)CNC(=O)c1cccc2ccccc12. The summed E-state index contributed by atoms with van der Waals surface area (Å²) in [5, 5.41) is 4.61. The molecule has 5 heteroatoms. The summed E-state index contributed by atoms with van der Waals surface area (Å²) < 4.78 is 4.58. The minimum Gasteiger partial charge on any atom is -0.468 e. The van der Waals surface area contributed by atoms with Gasteiger partial charge in [0.05, 0.1) is 7.11 Å². The van der Waals surface area contributed by atoms with E-state index in [2.05, 4.69) is 26.0 Å². The molecule has 0 aromatic heterocycles. The minimum atomic E-state index is -0.550. The Morgan fingerprint density at radius 1 is 1.20 bits per heavy atom. The molecular formula is C15H14BrNO3. The lowest BCUT2D eigenvalue weighted by molar-refractivity contribution is -0.139. The van der Waals surface area contributed by atoms with E-state index in [1.807, 2.05) is 36.4 Å². The molecule has 0 saturated heterocycles. The number of hydrogen-bond acceptors (Lipinski definition) is 3. The number of carbonyl (C=O) groups is 2. The summed E-state index contributed by atoms with van der Waals surface area (Å²) in [6.45, 7) is 0.175. The van der Waals surface area contributed by atoms with Crippen molar-refractivity contribution < 1.29 is 14.3 Å².